The number of aliphatic carboxylic acids is 1. The second kappa shape index (κ2) is 9.03. The summed E-state index contributed by atoms with van der Waals surface area (Å²) in [4.78, 5) is 24.1. The summed E-state index contributed by atoms with van der Waals surface area (Å²) in [5, 5.41) is 9.29. The average molecular weight is 363 g/mol. The molecule has 6 heteroatoms. The van der Waals surface area contributed by atoms with Crippen LogP contribution in [0.4, 0.5) is 0 Å². The molecule has 0 aromatic heterocycles. The minimum absolute atomic E-state index is 0.0758. The zero-order valence-electron chi connectivity index (χ0n) is 15.5. The van der Waals surface area contributed by atoms with E-state index in [1.807, 2.05) is 32.0 Å². The molecule has 0 spiro atoms. The average Bonchev–Trinajstić information content (AvgIpc) is 2.61. The van der Waals surface area contributed by atoms with Gasteiger partial charge in [-0.2, -0.15) is 0 Å². The number of hydrogen-bond acceptors (Lipinski definition) is 5. The van der Waals surface area contributed by atoms with Crippen molar-refractivity contribution in [1.82, 2.24) is 0 Å². The predicted octanol–water partition coefficient (Wildman–Crippen LogP) is 3.34. The number of carbonyl (C=O) groups excluding carboxylic acids is 1. The van der Waals surface area contributed by atoms with Gasteiger partial charge in [-0.15, -0.1) is 0 Å². The van der Waals surface area contributed by atoms with Crippen LogP contribution in [-0.2, 0) is 14.3 Å². The molecule has 0 amide bonds. The van der Waals surface area contributed by atoms with Crippen molar-refractivity contribution in [2.45, 2.75) is 64.7 Å². The molecule has 1 aliphatic rings. The summed E-state index contributed by atoms with van der Waals surface area (Å²) in [7, 11) is 0. The number of benzene rings is 1. The maximum Gasteiger partial charge on any atom is 0.326 e. The number of rotatable bonds is 8. The smallest absolute Gasteiger partial charge is 0.326 e. The molecule has 0 bridgehead atoms. The number of carboxylic acid groups (broad SMARTS) is 1. The van der Waals surface area contributed by atoms with Gasteiger partial charge in [0.05, 0.1) is 6.42 Å². The van der Waals surface area contributed by atoms with Gasteiger partial charge in [-0.05, 0) is 25.0 Å². The minimum atomic E-state index is -0.973. The molecule has 2 atom stereocenters. The Morgan fingerprint density at radius 2 is 1.77 bits per heavy atom. The minimum Gasteiger partial charge on any atom is -0.481 e. The van der Waals surface area contributed by atoms with E-state index in [0.29, 0.717) is 18.6 Å². The monoisotopic (exact) mass is 363 g/mol. The predicted molar refractivity (Wildman–Crippen MR) is 97.5 cm³/mol. The molecular weight excluding hydrogens is 334 g/mol. The highest BCUT2D eigenvalue weighted by molar-refractivity contribution is 5.78. The Morgan fingerprint density at radius 3 is 2.31 bits per heavy atom. The molecule has 1 aromatic rings. The molecular formula is C20H29NO5. The van der Waals surface area contributed by atoms with Gasteiger partial charge in [0.15, 0.2) is 0 Å². The SMILES string of the molecule is CC(C)C(OC(=O)C(N)C1(CC(=O)O)CCCCC1)Oc1ccccc1. The Labute approximate surface area is 154 Å². The van der Waals surface area contributed by atoms with Crippen LogP contribution in [-0.4, -0.2) is 29.4 Å². The molecule has 3 N–H and O–H groups in total. The van der Waals surface area contributed by atoms with Gasteiger partial charge >= 0.3 is 11.9 Å². The highest BCUT2D eigenvalue weighted by Crippen LogP contribution is 2.42. The first-order chi connectivity index (χ1) is 12.3. The van der Waals surface area contributed by atoms with Crippen molar-refractivity contribution < 1.29 is 24.2 Å². The van der Waals surface area contributed by atoms with Crippen LogP contribution in [0.5, 0.6) is 5.75 Å². The van der Waals surface area contributed by atoms with E-state index >= 15 is 0 Å². The molecule has 1 aliphatic carbocycles. The number of nitrogens with two attached hydrogens (primary N) is 1. The Kier molecular flexibility index (Phi) is 7.03. The van der Waals surface area contributed by atoms with E-state index in [4.69, 9.17) is 15.2 Å². The van der Waals surface area contributed by atoms with Crippen LogP contribution in [0.2, 0.25) is 0 Å². The Hall–Kier alpha value is -2.08. The van der Waals surface area contributed by atoms with E-state index in [1.54, 1.807) is 12.1 Å². The summed E-state index contributed by atoms with van der Waals surface area (Å²) in [6.45, 7) is 3.78. The third-order valence-corrected chi connectivity index (χ3v) is 5.04. The summed E-state index contributed by atoms with van der Waals surface area (Å²) >= 11 is 0. The van der Waals surface area contributed by atoms with Crippen LogP contribution in [0.25, 0.3) is 0 Å². The summed E-state index contributed by atoms with van der Waals surface area (Å²) in [6.07, 6.45) is 3.15. The van der Waals surface area contributed by atoms with Gasteiger partial charge in [0.2, 0.25) is 6.29 Å². The molecule has 26 heavy (non-hydrogen) atoms. The Bertz CT molecular complexity index is 595. The third kappa shape index (κ3) is 5.21. The zero-order chi connectivity index (χ0) is 19.2. The maximum absolute atomic E-state index is 12.7. The molecule has 1 fully saturated rings. The number of hydrogen-bond donors (Lipinski definition) is 2. The molecule has 1 aromatic carbocycles. The number of ether oxygens (including phenoxy) is 2. The van der Waals surface area contributed by atoms with Crippen LogP contribution in [0, 0.1) is 11.3 Å². The summed E-state index contributed by atoms with van der Waals surface area (Å²) in [6, 6.07) is 8.15. The highest BCUT2D eigenvalue weighted by atomic mass is 16.7. The summed E-state index contributed by atoms with van der Waals surface area (Å²) in [5.74, 6) is -1.00. The first kappa shape index (κ1) is 20.2. The first-order valence-corrected chi connectivity index (χ1v) is 9.24. The van der Waals surface area contributed by atoms with Gasteiger partial charge in [0.1, 0.15) is 11.8 Å². The number of carbonyl (C=O) groups is 2. The molecule has 0 saturated heterocycles. The van der Waals surface area contributed by atoms with Crippen molar-refractivity contribution in [3.8, 4) is 5.75 Å². The largest absolute Gasteiger partial charge is 0.481 e. The molecule has 2 rings (SSSR count). The quantitative estimate of drug-likeness (QED) is 0.543. The van der Waals surface area contributed by atoms with E-state index in [1.165, 1.54) is 0 Å². The summed E-state index contributed by atoms with van der Waals surface area (Å²) in [5.41, 5.74) is 5.48. The van der Waals surface area contributed by atoms with Gasteiger partial charge in [0, 0.05) is 11.3 Å². The van der Waals surface area contributed by atoms with Gasteiger partial charge in [-0.1, -0.05) is 51.3 Å². The van der Waals surface area contributed by atoms with Gasteiger partial charge in [-0.3, -0.25) is 9.59 Å². The van der Waals surface area contributed by atoms with E-state index in [-0.39, 0.29) is 12.3 Å². The van der Waals surface area contributed by atoms with E-state index < -0.39 is 29.7 Å². The van der Waals surface area contributed by atoms with Crippen LogP contribution >= 0.6 is 0 Å². The Morgan fingerprint density at radius 1 is 1.15 bits per heavy atom. The molecule has 0 aliphatic heterocycles. The summed E-state index contributed by atoms with van der Waals surface area (Å²) < 4.78 is 11.3. The van der Waals surface area contributed by atoms with Crippen LogP contribution < -0.4 is 10.5 Å². The lowest BCUT2D eigenvalue weighted by Crippen LogP contribution is -2.51. The lowest BCUT2D eigenvalue weighted by Gasteiger charge is -2.40. The Balaban J connectivity index is 2.09. The molecule has 0 heterocycles. The second-order valence-electron chi connectivity index (χ2n) is 7.45. The third-order valence-electron chi connectivity index (χ3n) is 5.04. The van der Waals surface area contributed by atoms with Crippen LogP contribution in [0.1, 0.15) is 52.4 Å². The van der Waals surface area contributed by atoms with Crippen LogP contribution in [0.15, 0.2) is 30.3 Å². The van der Waals surface area contributed by atoms with E-state index in [0.717, 1.165) is 19.3 Å². The van der Waals surface area contributed by atoms with E-state index in [2.05, 4.69) is 0 Å². The number of carboxylic acids is 1. The van der Waals surface area contributed by atoms with Gasteiger partial charge in [0.25, 0.3) is 0 Å². The molecule has 2 unspecified atom stereocenters. The highest BCUT2D eigenvalue weighted by Gasteiger charge is 2.44. The lowest BCUT2D eigenvalue weighted by atomic mass is 9.67. The normalized spacial score (nSPS) is 18.8. The maximum atomic E-state index is 12.7. The van der Waals surface area contributed by atoms with Crippen molar-refractivity contribution in [1.29, 1.82) is 0 Å². The molecule has 0 radical (unpaired) electrons. The second-order valence-corrected chi connectivity index (χ2v) is 7.45. The fraction of sp³-hybridized carbons (Fsp3) is 0.600. The van der Waals surface area contributed by atoms with E-state index in [9.17, 15) is 14.7 Å². The van der Waals surface area contributed by atoms with Crippen molar-refractivity contribution in [3.63, 3.8) is 0 Å². The zero-order valence-corrected chi connectivity index (χ0v) is 15.5. The molecule has 1 saturated carbocycles. The standard InChI is InChI=1S/C20H29NO5/c1-14(2)19(25-15-9-5-3-6-10-15)26-18(24)17(21)20(13-16(22)23)11-7-4-8-12-20/h3,5-6,9-10,14,17,19H,4,7-8,11-13,21H2,1-2H3,(H,22,23). The fourth-order valence-corrected chi connectivity index (χ4v) is 3.52. The fourth-order valence-electron chi connectivity index (χ4n) is 3.52. The van der Waals surface area contributed by atoms with Gasteiger partial charge in [-0.25, -0.2) is 0 Å². The van der Waals surface area contributed by atoms with Crippen molar-refractivity contribution in [2.75, 3.05) is 0 Å². The van der Waals surface area contributed by atoms with Crippen molar-refractivity contribution in [2.24, 2.45) is 17.1 Å². The first-order valence-electron chi connectivity index (χ1n) is 9.24. The van der Waals surface area contributed by atoms with Crippen molar-refractivity contribution >= 4 is 11.9 Å². The lowest BCUT2D eigenvalue weighted by molar-refractivity contribution is -0.176. The van der Waals surface area contributed by atoms with Crippen LogP contribution in [0.3, 0.4) is 0 Å². The van der Waals surface area contributed by atoms with Crippen molar-refractivity contribution in [3.05, 3.63) is 30.3 Å². The molecule has 6 nitrogen and oxygen atoms in total. The molecule has 144 valence electrons. The number of para-hydroxylation sites is 1. The van der Waals surface area contributed by atoms with Gasteiger partial charge < -0.3 is 20.3 Å². The number of esters is 1. The topological polar surface area (TPSA) is 98.9 Å².